The molecule has 24 heavy (non-hydrogen) atoms. The predicted octanol–water partition coefficient (Wildman–Crippen LogP) is 1.94. The molecule has 0 aliphatic carbocycles. The molecule has 0 atom stereocenters. The van der Waals surface area contributed by atoms with Crippen molar-refractivity contribution in [1.82, 2.24) is 5.43 Å². The number of hydrogen-bond donors (Lipinski definition) is 2. The smallest absolute Gasteiger partial charge is 0.277 e. The third kappa shape index (κ3) is 4.64. The molecule has 0 bridgehead atoms. The number of nitrogens with one attached hydrogen (secondary N) is 1. The zero-order valence-electron chi connectivity index (χ0n) is 13.4. The van der Waals surface area contributed by atoms with Crippen LogP contribution in [0.5, 0.6) is 23.0 Å². The Bertz CT molecular complexity index is 731. The van der Waals surface area contributed by atoms with Crippen molar-refractivity contribution in [3.05, 3.63) is 48.0 Å². The number of amides is 1. The molecule has 1 amide bonds. The summed E-state index contributed by atoms with van der Waals surface area (Å²) in [6, 6.07) is 11.6. The highest BCUT2D eigenvalue weighted by atomic mass is 16.5. The van der Waals surface area contributed by atoms with E-state index in [1.807, 2.05) is 0 Å². The fourth-order valence-corrected chi connectivity index (χ4v) is 1.87. The lowest BCUT2D eigenvalue weighted by Gasteiger charge is -2.07. The molecule has 0 spiro atoms. The van der Waals surface area contributed by atoms with Gasteiger partial charge < -0.3 is 19.3 Å². The minimum atomic E-state index is -0.449. The molecule has 0 saturated heterocycles. The number of ether oxygens (including phenoxy) is 3. The van der Waals surface area contributed by atoms with Gasteiger partial charge in [0.1, 0.15) is 0 Å². The van der Waals surface area contributed by atoms with Crippen LogP contribution >= 0.6 is 0 Å². The lowest BCUT2D eigenvalue weighted by molar-refractivity contribution is -0.123. The number of benzene rings is 2. The van der Waals surface area contributed by atoms with E-state index in [0.29, 0.717) is 11.5 Å². The van der Waals surface area contributed by atoms with Crippen molar-refractivity contribution < 1.29 is 24.1 Å². The minimum Gasteiger partial charge on any atom is -0.504 e. The Labute approximate surface area is 139 Å². The van der Waals surface area contributed by atoms with Crippen LogP contribution in [0, 0.1) is 0 Å². The molecule has 2 rings (SSSR count). The molecule has 0 aromatic heterocycles. The summed E-state index contributed by atoms with van der Waals surface area (Å²) in [6.07, 6.45) is 1.47. The van der Waals surface area contributed by atoms with E-state index >= 15 is 0 Å². The summed E-state index contributed by atoms with van der Waals surface area (Å²) in [5.74, 6) is 0.927. The van der Waals surface area contributed by atoms with Gasteiger partial charge >= 0.3 is 0 Å². The molecule has 0 aliphatic heterocycles. The second kappa shape index (κ2) is 8.42. The molecule has 2 aromatic carbocycles. The number of hydrazone groups is 1. The van der Waals surface area contributed by atoms with Gasteiger partial charge in [-0.3, -0.25) is 4.79 Å². The van der Waals surface area contributed by atoms with Crippen LogP contribution in [0.1, 0.15) is 5.56 Å². The van der Waals surface area contributed by atoms with E-state index < -0.39 is 5.91 Å². The van der Waals surface area contributed by atoms with Crippen LogP contribution in [0.3, 0.4) is 0 Å². The monoisotopic (exact) mass is 330 g/mol. The maximum Gasteiger partial charge on any atom is 0.277 e. The van der Waals surface area contributed by atoms with E-state index in [0.717, 1.165) is 5.56 Å². The third-order valence-electron chi connectivity index (χ3n) is 3.03. The second-order valence-electron chi connectivity index (χ2n) is 4.66. The van der Waals surface area contributed by atoms with Gasteiger partial charge in [0.05, 0.1) is 20.4 Å². The van der Waals surface area contributed by atoms with Gasteiger partial charge in [-0.05, 0) is 35.9 Å². The van der Waals surface area contributed by atoms with Crippen molar-refractivity contribution in [3.63, 3.8) is 0 Å². The standard InChI is InChI=1S/C17H18N2O5/c1-22-15-8-7-12(9-16(15)23-2)10-18-19-17(21)11-24-14-6-4-3-5-13(14)20/h3-10,20H,11H2,1-2H3,(H,19,21)/b18-10+. The van der Waals surface area contributed by atoms with E-state index in [9.17, 15) is 9.90 Å². The van der Waals surface area contributed by atoms with Gasteiger partial charge in [-0.2, -0.15) is 5.10 Å². The van der Waals surface area contributed by atoms with Crippen LogP contribution in [0.2, 0.25) is 0 Å². The van der Waals surface area contributed by atoms with Gasteiger partial charge in [-0.1, -0.05) is 12.1 Å². The van der Waals surface area contributed by atoms with Gasteiger partial charge in [0, 0.05) is 0 Å². The van der Waals surface area contributed by atoms with Crippen LogP contribution in [-0.2, 0) is 4.79 Å². The predicted molar refractivity (Wildman–Crippen MR) is 88.9 cm³/mol. The Balaban J connectivity index is 1.87. The topological polar surface area (TPSA) is 89.4 Å². The minimum absolute atomic E-state index is 0.0286. The summed E-state index contributed by atoms with van der Waals surface area (Å²) in [4.78, 5) is 11.7. The van der Waals surface area contributed by atoms with E-state index in [1.54, 1.807) is 43.5 Å². The zero-order chi connectivity index (χ0) is 17.4. The molecule has 2 N–H and O–H groups in total. The molecular formula is C17H18N2O5. The number of nitrogens with zero attached hydrogens (tertiary/aromatic N) is 1. The number of carbonyl (C=O) groups is 1. The lowest BCUT2D eigenvalue weighted by Crippen LogP contribution is -2.24. The normalized spacial score (nSPS) is 10.4. The quantitative estimate of drug-likeness (QED) is 0.598. The Hall–Kier alpha value is -3.22. The molecule has 0 heterocycles. The Morgan fingerprint density at radius 3 is 2.58 bits per heavy atom. The highest BCUT2D eigenvalue weighted by molar-refractivity contribution is 5.83. The first kappa shape index (κ1) is 17.1. The van der Waals surface area contributed by atoms with E-state index in [1.165, 1.54) is 19.4 Å². The molecule has 0 saturated carbocycles. The molecular weight excluding hydrogens is 312 g/mol. The number of hydrogen-bond acceptors (Lipinski definition) is 6. The van der Waals surface area contributed by atoms with Gasteiger partial charge in [-0.25, -0.2) is 5.43 Å². The van der Waals surface area contributed by atoms with Crippen molar-refractivity contribution in [2.24, 2.45) is 5.10 Å². The highest BCUT2D eigenvalue weighted by Crippen LogP contribution is 2.27. The number of rotatable bonds is 7. The maximum absolute atomic E-state index is 11.7. The van der Waals surface area contributed by atoms with Crippen molar-refractivity contribution in [2.75, 3.05) is 20.8 Å². The molecule has 0 aliphatic rings. The number of aromatic hydroxyl groups is 1. The second-order valence-corrected chi connectivity index (χ2v) is 4.66. The molecule has 0 fully saturated rings. The summed E-state index contributed by atoms with van der Waals surface area (Å²) < 4.78 is 15.5. The summed E-state index contributed by atoms with van der Waals surface area (Å²) in [6.45, 7) is -0.263. The molecule has 126 valence electrons. The molecule has 0 radical (unpaired) electrons. The van der Waals surface area contributed by atoms with Crippen LogP contribution in [-0.4, -0.2) is 38.1 Å². The summed E-state index contributed by atoms with van der Waals surface area (Å²) >= 11 is 0. The van der Waals surface area contributed by atoms with E-state index in [-0.39, 0.29) is 18.1 Å². The summed E-state index contributed by atoms with van der Waals surface area (Å²) in [5, 5.41) is 13.4. The fourth-order valence-electron chi connectivity index (χ4n) is 1.87. The molecule has 7 nitrogen and oxygen atoms in total. The number of methoxy groups -OCH3 is 2. The molecule has 0 unspecified atom stereocenters. The summed E-state index contributed by atoms with van der Waals surface area (Å²) in [5.41, 5.74) is 3.07. The van der Waals surface area contributed by atoms with Crippen LogP contribution in [0.15, 0.2) is 47.6 Å². The number of para-hydroxylation sites is 2. The van der Waals surface area contributed by atoms with E-state index in [4.69, 9.17) is 14.2 Å². The van der Waals surface area contributed by atoms with Crippen molar-refractivity contribution in [3.8, 4) is 23.0 Å². The van der Waals surface area contributed by atoms with Gasteiger partial charge in [-0.15, -0.1) is 0 Å². The zero-order valence-corrected chi connectivity index (χ0v) is 13.4. The van der Waals surface area contributed by atoms with Crippen LogP contribution < -0.4 is 19.6 Å². The fraction of sp³-hybridized carbons (Fsp3) is 0.176. The third-order valence-corrected chi connectivity index (χ3v) is 3.03. The Morgan fingerprint density at radius 2 is 1.88 bits per heavy atom. The van der Waals surface area contributed by atoms with Crippen LogP contribution in [0.25, 0.3) is 0 Å². The Kier molecular flexibility index (Phi) is 6.01. The number of phenols is 1. The first-order valence-corrected chi connectivity index (χ1v) is 7.08. The molecule has 2 aromatic rings. The van der Waals surface area contributed by atoms with Crippen molar-refractivity contribution >= 4 is 12.1 Å². The van der Waals surface area contributed by atoms with Crippen molar-refractivity contribution in [1.29, 1.82) is 0 Å². The first-order chi connectivity index (χ1) is 11.6. The number of phenolic OH excluding ortho intramolecular Hbond substituents is 1. The lowest BCUT2D eigenvalue weighted by atomic mass is 10.2. The van der Waals surface area contributed by atoms with Crippen molar-refractivity contribution in [2.45, 2.75) is 0 Å². The largest absolute Gasteiger partial charge is 0.504 e. The van der Waals surface area contributed by atoms with Gasteiger partial charge in [0.2, 0.25) is 0 Å². The maximum atomic E-state index is 11.7. The van der Waals surface area contributed by atoms with Gasteiger partial charge in [0.25, 0.3) is 5.91 Å². The average Bonchev–Trinajstić information content (AvgIpc) is 2.61. The summed E-state index contributed by atoms with van der Waals surface area (Å²) in [7, 11) is 3.09. The molecule has 7 heteroatoms. The average molecular weight is 330 g/mol. The van der Waals surface area contributed by atoms with Gasteiger partial charge in [0.15, 0.2) is 29.6 Å². The first-order valence-electron chi connectivity index (χ1n) is 7.08. The highest BCUT2D eigenvalue weighted by Gasteiger charge is 2.05. The number of carbonyl (C=O) groups excluding carboxylic acids is 1. The van der Waals surface area contributed by atoms with Crippen LogP contribution in [0.4, 0.5) is 0 Å². The SMILES string of the molecule is COc1ccc(/C=N/NC(=O)COc2ccccc2O)cc1OC. The Morgan fingerprint density at radius 1 is 1.12 bits per heavy atom. The van der Waals surface area contributed by atoms with E-state index in [2.05, 4.69) is 10.5 Å².